The summed E-state index contributed by atoms with van der Waals surface area (Å²) in [6, 6.07) is 5.16. The van der Waals surface area contributed by atoms with E-state index in [0.717, 1.165) is 12.1 Å². The molecule has 0 aliphatic carbocycles. The molecule has 2 rings (SSSR count). The van der Waals surface area contributed by atoms with Gasteiger partial charge in [0.1, 0.15) is 0 Å². The largest absolute Gasteiger partial charge is 0.416 e. The number of benzene rings is 1. The number of rotatable bonds is 1. The van der Waals surface area contributed by atoms with E-state index in [1.54, 1.807) is 6.07 Å². The number of hydrogen-bond acceptors (Lipinski definition) is 3. The SMILES string of the molecule is FC(F)(F)c1cccc(C2CCO[PH](=S)O2)c1. The van der Waals surface area contributed by atoms with E-state index in [-0.39, 0.29) is 6.10 Å². The number of alkyl halides is 3. The first-order valence-corrected chi connectivity index (χ1v) is 7.42. The Labute approximate surface area is 102 Å². The Morgan fingerprint density at radius 2 is 2.12 bits per heavy atom. The van der Waals surface area contributed by atoms with E-state index >= 15 is 0 Å². The maximum Gasteiger partial charge on any atom is 0.416 e. The lowest BCUT2D eigenvalue weighted by atomic mass is 10.0. The van der Waals surface area contributed by atoms with Crippen molar-refractivity contribution >= 4 is 19.0 Å². The molecule has 1 aliphatic rings. The van der Waals surface area contributed by atoms with E-state index in [4.69, 9.17) is 20.9 Å². The van der Waals surface area contributed by atoms with Crippen LogP contribution >= 0.6 is 7.15 Å². The molecule has 1 heterocycles. The standard InChI is InChI=1S/C10H10F3O2PS/c11-10(12,13)8-3-1-2-7(6-8)9-4-5-14-16(17)15-9/h1-3,6,9,16H,4-5H2. The lowest BCUT2D eigenvalue weighted by molar-refractivity contribution is -0.137. The summed E-state index contributed by atoms with van der Waals surface area (Å²) < 4.78 is 48.1. The van der Waals surface area contributed by atoms with E-state index in [9.17, 15) is 13.2 Å². The minimum absolute atomic E-state index is 0.377. The Bertz CT molecular complexity index is 436. The minimum atomic E-state index is -4.33. The van der Waals surface area contributed by atoms with Crippen LogP contribution in [0.15, 0.2) is 24.3 Å². The molecule has 1 aromatic carbocycles. The van der Waals surface area contributed by atoms with Gasteiger partial charge in [-0.3, -0.25) is 0 Å². The van der Waals surface area contributed by atoms with Gasteiger partial charge in [0.05, 0.1) is 18.3 Å². The van der Waals surface area contributed by atoms with Crippen LogP contribution in [0.5, 0.6) is 0 Å². The van der Waals surface area contributed by atoms with E-state index in [1.165, 1.54) is 6.07 Å². The molecule has 1 aromatic rings. The Kier molecular flexibility index (Phi) is 3.88. The molecule has 0 aromatic heterocycles. The highest BCUT2D eigenvalue weighted by molar-refractivity contribution is 8.00. The smallest absolute Gasteiger partial charge is 0.331 e. The van der Waals surface area contributed by atoms with Crippen LogP contribution in [0.2, 0.25) is 0 Å². The lowest BCUT2D eigenvalue weighted by Crippen LogP contribution is -2.11. The zero-order chi connectivity index (χ0) is 12.5. The first-order chi connectivity index (χ1) is 7.97. The van der Waals surface area contributed by atoms with Gasteiger partial charge in [-0.1, -0.05) is 12.1 Å². The number of hydrogen-bond donors (Lipinski definition) is 0. The molecule has 0 amide bonds. The van der Waals surface area contributed by atoms with Crippen LogP contribution in [0, 0.1) is 0 Å². The topological polar surface area (TPSA) is 18.5 Å². The second kappa shape index (κ2) is 5.06. The predicted molar refractivity (Wildman–Crippen MR) is 61.5 cm³/mol. The Balaban J connectivity index is 2.24. The molecule has 0 radical (unpaired) electrons. The molecule has 0 bridgehead atoms. The second-order valence-electron chi connectivity index (χ2n) is 3.62. The Hall–Kier alpha value is -0.420. The summed E-state index contributed by atoms with van der Waals surface area (Å²) in [7, 11) is -1.73. The molecule has 1 saturated heterocycles. The summed E-state index contributed by atoms with van der Waals surface area (Å²) in [6.45, 7) is 0.443. The highest BCUT2D eigenvalue weighted by Gasteiger charge is 2.31. The molecule has 2 unspecified atom stereocenters. The van der Waals surface area contributed by atoms with E-state index in [2.05, 4.69) is 0 Å². The van der Waals surface area contributed by atoms with Crippen molar-refractivity contribution in [1.82, 2.24) is 0 Å². The van der Waals surface area contributed by atoms with Crippen molar-refractivity contribution in [2.24, 2.45) is 0 Å². The fraction of sp³-hybridized carbons (Fsp3) is 0.400. The molecular weight excluding hydrogens is 272 g/mol. The third kappa shape index (κ3) is 3.28. The average Bonchev–Trinajstić information content (AvgIpc) is 2.28. The molecule has 2 atom stereocenters. The van der Waals surface area contributed by atoms with Gasteiger partial charge in [0.15, 0.2) is 7.15 Å². The van der Waals surface area contributed by atoms with Crippen LogP contribution in [-0.2, 0) is 27.0 Å². The van der Waals surface area contributed by atoms with Gasteiger partial charge in [0, 0.05) is 6.42 Å². The van der Waals surface area contributed by atoms with Gasteiger partial charge < -0.3 is 9.05 Å². The van der Waals surface area contributed by atoms with Gasteiger partial charge in [-0.15, -0.1) is 0 Å². The zero-order valence-electron chi connectivity index (χ0n) is 8.66. The quantitative estimate of drug-likeness (QED) is 0.732. The first-order valence-electron chi connectivity index (χ1n) is 4.97. The van der Waals surface area contributed by atoms with E-state index in [1.807, 2.05) is 0 Å². The summed E-state index contributed by atoms with van der Waals surface area (Å²) in [6.07, 6.45) is -4.17. The van der Waals surface area contributed by atoms with Crippen molar-refractivity contribution in [3.63, 3.8) is 0 Å². The summed E-state index contributed by atoms with van der Waals surface area (Å²) in [5.74, 6) is 0. The van der Waals surface area contributed by atoms with Gasteiger partial charge in [-0.25, -0.2) is 0 Å². The van der Waals surface area contributed by atoms with Gasteiger partial charge >= 0.3 is 6.18 Å². The van der Waals surface area contributed by atoms with Crippen molar-refractivity contribution in [3.05, 3.63) is 35.4 Å². The van der Waals surface area contributed by atoms with Crippen LogP contribution in [0.25, 0.3) is 0 Å². The monoisotopic (exact) mass is 282 g/mol. The fourth-order valence-corrected chi connectivity index (χ4v) is 3.05. The lowest BCUT2D eigenvalue weighted by Gasteiger charge is -2.24. The molecule has 17 heavy (non-hydrogen) atoms. The molecule has 1 aliphatic heterocycles. The summed E-state index contributed by atoms with van der Waals surface area (Å²) in [5, 5.41) is 0. The van der Waals surface area contributed by atoms with Gasteiger partial charge in [0.2, 0.25) is 0 Å². The normalized spacial score (nSPS) is 25.8. The third-order valence-electron chi connectivity index (χ3n) is 2.42. The Morgan fingerprint density at radius 3 is 2.76 bits per heavy atom. The van der Waals surface area contributed by atoms with Crippen molar-refractivity contribution in [2.75, 3.05) is 6.61 Å². The van der Waals surface area contributed by atoms with Crippen LogP contribution in [-0.4, -0.2) is 6.61 Å². The van der Waals surface area contributed by atoms with Crippen molar-refractivity contribution in [1.29, 1.82) is 0 Å². The number of halogens is 3. The van der Waals surface area contributed by atoms with Crippen molar-refractivity contribution < 1.29 is 22.2 Å². The van der Waals surface area contributed by atoms with Crippen molar-refractivity contribution in [2.45, 2.75) is 18.7 Å². The molecule has 2 nitrogen and oxygen atoms in total. The minimum Gasteiger partial charge on any atom is -0.331 e. The van der Waals surface area contributed by atoms with E-state index in [0.29, 0.717) is 18.6 Å². The molecule has 7 heteroatoms. The second-order valence-corrected chi connectivity index (χ2v) is 5.64. The summed E-state index contributed by atoms with van der Waals surface area (Å²) in [4.78, 5) is 0. The molecular formula is C10H10F3O2PS. The van der Waals surface area contributed by atoms with Crippen LogP contribution in [0.3, 0.4) is 0 Å². The Morgan fingerprint density at radius 1 is 1.35 bits per heavy atom. The first kappa shape index (κ1) is 13.0. The molecule has 1 fully saturated rings. The average molecular weight is 282 g/mol. The van der Waals surface area contributed by atoms with E-state index < -0.39 is 18.9 Å². The zero-order valence-corrected chi connectivity index (χ0v) is 10.5. The van der Waals surface area contributed by atoms with Gasteiger partial charge in [0.25, 0.3) is 0 Å². The predicted octanol–water partition coefficient (Wildman–Crippen LogP) is 3.69. The highest BCUT2D eigenvalue weighted by Crippen LogP contribution is 2.41. The third-order valence-corrected chi connectivity index (χ3v) is 3.98. The molecule has 0 N–H and O–H groups in total. The molecule has 0 saturated carbocycles. The summed E-state index contributed by atoms with van der Waals surface area (Å²) >= 11 is 4.91. The maximum atomic E-state index is 12.5. The van der Waals surface area contributed by atoms with Crippen molar-refractivity contribution in [3.8, 4) is 0 Å². The highest BCUT2D eigenvalue weighted by atomic mass is 32.4. The van der Waals surface area contributed by atoms with Crippen LogP contribution in [0.1, 0.15) is 23.7 Å². The van der Waals surface area contributed by atoms with Gasteiger partial charge in [-0.2, -0.15) is 13.2 Å². The maximum absolute atomic E-state index is 12.5. The fourth-order valence-electron chi connectivity index (χ4n) is 1.61. The van der Waals surface area contributed by atoms with Crippen LogP contribution in [0.4, 0.5) is 13.2 Å². The van der Waals surface area contributed by atoms with Gasteiger partial charge in [-0.05, 0) is 29.5 Å². The molecule has 94 valence electrons. The summed E-state index contributed by atoms with van der Waals surface area (Å²) in [5.41, 5.74) is -0.154. The van der Waals surface area contributed by atoms with Crippen LogP contribution < -0.4 is 0 Å². The molecule has 0 spiro atoms.